The maximum atomic E-state index is 12.9. The third-order valence-electron chi connectivity index (χ3n) is 5.01. The van der Waals surface area contributed by atoms with Crippen LogP contribution in [0.2, 0.25) is 0 Å². The smallest absolute Gasteiger partial charge is 0.422 e. The number of halogens is 3. The van der Waals surface area contributed by atoms with E-state index in [-0.39, 0.29) is 31.0 Å². The Balaban J connectivity index is 1.58. The first-order valence-electron chi connectivity index (χ1n) is 9.62. The van der Waals surface area contributed by atoms with Gasteiger partial charge in [-0.25, -0.2) is 4.79 Å². The zero-order chi connectivity index (χ0) is 21.7. The number of nitrogens with one attached hydrogen (secondary N) is 1. The van der Waals surface area contributed by atoms with E-state index in [1.54, 1.807) is 11.3 Å². The Morgan fingerprint density at radius 2 is 1.87 bits per heavy atom. The van der Waals surface area contributed by atoms with Gasteiger partial charge < -0.3 is 15.0 Å². The predicted octanol–water partition coefficient (Wildman–Crippen LogP) is 4.67. The Bertz CT molecular complexity index is 845. The molecule has 0 radical (unpaired) electrons. The number of rotatable bonds is 5. The molecule has 1 fully saturated rings. The Morgan fingerprint density at radius 1 is 1.20 bits per heavy atom. The number of carbonyl (C=O) groups excluding carboxylic acids is 2. The molecule has 9 heteroatoms. The molecular weight excluding hydrogens is 417 g/mol. The van der Waals surface area contributed by atoms with Gasteiger partial charge in [-0.05, 0) is 36.8 Å². The van der Waals surface area contributed by atoms with Crippen LogP contribution >= 0.6 is 11.3 Å². The molecule has 1 atom stereocenters. The van der Waals surface area contributed by atoms with Gasteiger partial charge in [0.2, 0.25) is 5.91 Å². The molecule has 1 aliphatic rings. The molecular formula is C21H23F3N2O3S. The summed E-state index contributed by atoms with van der Waals surface area (Å²) in [7, 11) is 0. The van der Waals surface area contributed by atoms with Crippen LogP contribution in [0.15, 0.2) is 41.8 Å². The highest BCUT2D eigenvalue weighted by atomic mass is 32.1. The number of likely N-dealkylation sites (tertiary alicyclic amines) is 1. The van der Waals surface area contributed by atoms with E-state index in [2.05, 4.69) is 10.1 Å². The molecule has 0 saturated carbocycles. The van der Waals surface area contributed by atoms with Crippen molar-refractivity contribution in [2.24, 2.45) is 5.92 Å². The first-order chi connectivity index (χ1) is 14.2. The van der Waals surface area contributed by atoms with Gasteiger partial charge in [0, 0.05) is 23.9 Å². The minimum Gasteiger partial charge on any atom is -0.440 e. The second-order valence-corrected chi connectivity index (χ2v) is 8.28. The number of alkyl halides is 3. The molecule has 1 saturated heterocycles. The lowest BCUT2D eigenvalue weighted by atomic mass is 9.95. The van der Waals surface area contributed by atoms with Crippen molar-refractivity contribution >= 4 is 23.3 Å². The quantitative estimate of drug-likeness (QED) is 0.735. The van der Waals surface area contributed by atoms with Crippen LogP contribution in [0.4, 0.5) is 18.0 Å². The van der Waals surface area contributed by atoms with Gasteiger partial charge in [-0.2, -0.15) is 13.2 Å². The van der Waals surface area contributed by atoms with Crippen LogP contribution < -0.4 is 5.32 Å². The summed E-state index contributed by atoms with van der Waals surface area (Å²) in [6, 6.07) is 11.6. The number of amides is 2. The summed E-state index contributed by atoms with van der Waals surface area (Å²) >= 11 is 1.55. The number of benzene rings is 1. The Hall–Kier alpha value is -2.55. The van der Waals surface area contributed by atoms with Gasteiger partial charge in [0.15, 0.2) is 6.61 Å². The molecule has 0 aliphatic carbocycles. The molecule has 30 heavy (non-hydrogen) atoms. The highest BCUT2D eigenvalue weighted by molar-refractivity contribution is 7.10. The minimum absolute atomic E-state index is 0.128. The van der Waals surface area contributed by atoms with Crippen LogP contribution in [0.5, 0.6) is 0 Å². The molecule has 1 aliphatic heterocycles. The van der Waals surface area contributed by atoms with E-state index in [0.29, 0.717) is 12.8 Å². The van der Waals surface area contributed by atoms with Crippen molar-refractivity contribution < 1.29 is 27.5 Å². The van der Waals surface area contributed by atoms with E-state index in [1.165, 1.54) is 4.90 Å². The zero-order valence-electron chi connectivity index (χ0n) is 16.4. The third kappa shape index (κ3) is 5.98. The van der Waals surface area contributed by atoms with Gasteiger partial charge in [0.25, 0.3) is 0 Å². The van der Waals surface area contributed by atoms with E-state index in [9.17, 15) is 22.8 Å². The van der Waals surface area contributed by atoms with E-state index in [4.69, 9.17) is 0 Å². The maximum Gasteiger partial charge on any atom is 0.422 e. The summed E-state index contributed by atoms with van der Waals surface area (Å²) in [5.41, 5.74) is 2.10. The van der Waals surface area contributed by atoms with Crippen molar-refractivity contribution in [1.82, 2.24) is 10.2 Å². The van der Waals surface area contributed by atoms with E-state index < -0.39 is 18.9 Å². The topological polar surface area (TPSA) is 58.6 Å². The van der Waals surface area contributed by atoms with Crippen molar-refractivity contribution in [3.05, 3.63) is 57.8 Å². The number of aryl methyl sites for hydroxylation is 1. The normalized spacial score (nSPS) is 16.2. The highest BCUT2D eigenvalue weighted by Crippen LogP contribution is 2.28. The van der Waals surface area contributed by atoms with Crippen molar-refractivity contribution in [1.29, 1.82) is 0 Å². The lowest BCUT2D eigenvalue weighted by Gasteiger charge is -2.31. The van der Waals surface area contributed by atoms with Crippen LogP contribution in [-0.4, -0.2) is 42.8 Å². The van der Waals surface area contributed by atoms with Crippen LogP contribution in [0, 0.1) is 12.8 Å². The fourth-order valence-electron chi connectivity index (χ4n) is 3.35. The van der Waals surface area contributed by atoms with Crippen molar-refractivity contribution in [3.8, 4) is 0 Å². The first kappa shape index (κ1) is 22.1. The van der Waals surface area contributed by atoms with Crippen LogP contribution in [0.25, 0.3) is 0 Å². The fraction of sp³-hybridized carbons (Fsp3) is 0.429. The summed E-state index contributed by atoms with van der Waals surface area (Å²) in [6.45, 7) is 0.757. The van der Waals surface area contributed by atoms with E-state index in [0.717, 1.165) is 16.0 Å². The summed E-state index contributed by atoms with van der Waals surface area (Å²) in [4.78, 5) is 26.9. The van der Waals surface area contributed by atoms with E-state index >= 15 is 0 Å². The Morgan fingerprint density at radius 3 is 2.43 bits per heavy atom. The number of carbonyl (C=O) groups is 2. The molecule has 0 spiro atoms. The van der Waals surface area contributed by atoms with E-state index in [1.807, 2.05) is 48.7 Å². The molecule has 2 heterocycles. The lowest BCUT2D eigenvalue weighted by molar-refractivity contribution is -0.162. The zero-order valence-corrected chi connectivity index (χ0v) is 17.3. The van der Waals surface area contributed by atoms with Gasteiger partial charge in [-0.3, -0.25) is 4.79 Å². The number of thiophene rings is 1. The van der Waals surface area contributed by atoms with Gasteiger partial charge in [0.1, 0.15) is 0 Å². The molecule has 162 valence electrons. The predicted molar refractivity (Wildman–Crippen MR) is 107 cm³/mol. The molecule has 1 aromatic carbocycles. The second-order valence-electron chi connectivity index (χ2n) is 7.30. The second kappa shape index (κ2) is 9.51. The Kier molecular flexibility index (Phi) is 7.02. The van der Waals surface area contributed by atoms with Gasteiger partial charge >= 0.3 is 12.3 Å². The fourth-order valence-corrected chi connectivity index (χ4v) is 4.15. The molecule has 0 unspecified atom stereocenters. The summed E-state index contributed by atoms with van der Waals surface area (Å²) in [5, 5.41) is 5.05. The summed E-state index contributed by atoms with van der Waals surface area (Å²) < 4.78 is 40.9. The molecule has 1 N–H and O–H groups in total. The monoisotopic (exact) mass is 440 g/mol. The molecule has 1 aromatic heterocycles. The third-order valence-corrected chi connectivity index (χ3v) is 5.95. The molecule has 2 aromatic rings. The van der Waals surface area contributed by atoms with Crippen molar-refractivity contribution in [3.63, 3.8) is 0 Å². The number of nitrogens with zero attached hydrogens (tertiary/aromatic N) is 1. The molecule has 2 amide bonds. The highest BCUT2D eigenvalue weighted by Gasteiger charge is 2.33. The summed E-state index contributed by atoms with van der Waals surface area (Å²) in [6.07, 6.45) is -4.81. The Labute approximate surface area is 176 Å². The molecule has 0 bridgehead atoms. The average molecular weight is 440 g/mol. The maximum absolute atomic E-state index is 12.9. The SMILES string of the molecule is Cc1ccc([C@H](NC(=O)C2CCN(C(=O)OCC(F)(F)F)CC2)c2cccs2)cc1. The number of hydrogen-bond donors (Lipinski definition) is 1. The minimum atomic E-state index is -4.55. The molecule has 3 rings (SSSR count). The van der Waals surface area contributed by atoms with Gasteiger partial charge in [-0.1, -0.05) is 35.9 Å². The first-order valence-corrected chi connectivity index (χ1v) is 10.5. The summed E-state index contributed by atoms with van der Waals surface area (Å²) in [5.74, 6) is -0.443. The number of piperidine rings is 1. The number of hydrogen-bond acceptors (Lipinski definition) is 4. The van der Waals surface area contributed by atoms with Crippen LogP contribution in [0.1, 0.15) is 34.9 Å². The van der Waals surface area contributed by atoms with Crippen LogP contribution in [-0.2, 0) is 9.53 Å². The lowest BCUT2D eigenvalue weighted by Crippen LogP contribution is -2.44. The van der Waals surface area contributed by atoms with Crippen molar-refractivity contribution in [2.45, 2.75) is 32.0 Å². The van der Waals surface area contributed by atoms with Crippen molar-refractivity contribution in [2.75, 3.05) is 19.7 Å². The number of ether oxygens (including phenoxy) is 1. The van der Waals surface area contributed by atoms with Gasteiger partial charge in [-0.15, -0.1) is 11.3 Å². The largest absolute Gasteiger partial charge is 0.440 e. The van der Waals surface area contributed by atoms with Crippen LogP contribution in [0.3, 0.4) is 0 Å². The molecule has 5 nitrogen and oxygen atoms in total. The standard InChI is InChI=1S/C21H23F3N2O3S/c1-14-4-6-15(7-5-14)18(17-3-2-12-30-17)25-19(27)16-8-10-26(11-9-16)20(28)29-13-21(22,23)24/h2-7,12,16,18H,8-11,13H2,1H3,(H,25,27)/t18-/m0/s1. The van der Waals surface area contributed by atoms with Gasteiger partial charge in [0.05, 0.1) is 6.04 Å². The average Bonchev–Trinajstić information content (AvgIpc) is 3.25.